The second kappa shape index (κ2) is 4.92. The van der Waals surface area contributed by atoms with E-state index in [1.54, 1.807) is 0 Å². The zero-order valence-electron chi connectivity index (χ0n) is 9.15. The van der Waals surface area contributed by atoms with E-state index in [0.29, 0.717) is 6.54 Å². The van der Waals surface area contributed by atoms with Gasteiger partial charge in [0.25, 0.3) is 0 Å². The van der Waals surface area contributed by atoms with E-state index in [9.17, 15) is 9.90 Å². The number of aliphatic carboxylic acids is 1. The van der Waals surface area contributed by atoms with Crippen LogP contribution in [0.25, 0.3) is 0 Å². The molecular weight excluding hydrogens is 196 g/mol. The molecule has 2 unspecified atom stereocenters. The van der Waals surface area contributed by atoms with Crippen molar-refractivity contribution in [2.75, 3.05) is 19.6 Å². The average Bonchev–Trinajstić information content (AvgIpc) is 2.18. The molecule has 0 saturated carbocycles. The smallest absolute Gasteiger partial charge is 0.336 e. The molecule has 15 heavy (non-hydrogen) atoms. The lowest BCUT2D eigenvalue weighted by molar-refractivity contribution is -0.159. The lowest BCUT2D eigenvalue weighted by Crippen LogP contribution is -2.53. The van der Waals surface area contributed by atoms with Crippen LogP contribution in [-0.4, -0.2) is 52.4 Å². The molecule has 1 fully saturated rings. The Hall–Kier alpha value is -0.650. The molecule has 1 aliphatic rings. The highest BCUT2D eigenvalue weighted by Gasteiger charge is 2.35. The van der Waals surface area contributed by atoms with Crippen molar-refractivity contribution in [3.63, 3.8) is 0 Å². The first kappa shape index (κ1) is 12.4. The minimum atomic E-state index is -1.68. The van der Waals surface area contributed by atoms with Crippen LogP contribution in [0.15, 0.2) is 0 Å². The van der Waals surface area contributed by atoms with Crippen LogP contribution in [0.2, 0.25) is 0 Å². The van der Waals surface area contributed by atoms with Gasteiger partial charge in [0, 0.05) is 19.1 Å². The topological polar surface area (TPSA) is 86.8 Å². The van der Waals surface area contributed by atoms with Crippen molar-refractivity contribution in [1.82, 2.24) is 4.90 Å². The van der Waals surface area contributed by atoms with Gasteiger partial charge < -0.3 is 15.9 Å². The van der Waals surface area contributed by atoms with Crippen LogP contribution in [0.4, 0.5) is 0 Å². The number of likely N-dealkylation sites (tertiary alicyclic amines) is 1. The number of β-amino-alcohol motifs (C(OH)–C–C–N with tert-alkyl or cyclic N) is 1. The molecule has 1 rings (SSSR count). The summed E-state index contributed by atoms with van der Waals surface area (Å²) in [5.74, 6) is -1.18. The van der Waals surface area contributed by atoms with E-state index < -0.39 is 11.6 Å². The zero-order valence-corrected chi connectivity index (χ0v) is 9.15. The van der Waals surface area contributed by atoms with Crippen LogP contribution in [0.1, 0.15) is 26.2 Å². The molecule has 0 bridgehead atoms. The van der Waals surface area contributed by atoms with E-state index in [1.165, 1.54) is 6.92 Å². The van der Waals surface area contributed by atoms with Gasteiger partial charge in [0.15, 0.2) is 5.60 Å². The molecule has 0 aliphatic carbocycles. The molecule has 5 nitrogen and oxygen atoms in total. The first-order chi connectivity index (χ1) is 6.97. The molecule has 0 amide bonds. The Morgan fingerprint density at radius 2 is 2.27 bits per heavy atom. The summed E-state index contributed by atoms with van der Waals surface area (Å²) in [5.41, 5.74) is 3.94. The van der Waals surface area contributed by atoms with Crippen molar-refractivity contribution < 1.29 is 15.0 Å². The second-order valence-corrected chi connectivity index (χ2v) is 4.43. The normalized spacial score (nSPS) is 27.3. The van der Waals surface area contributed by atoms with Crippen molar-refractivity contribution in [2.45, 2.75) is 37.8 Å². The minimum Gasteiger partial charge on any atom is -0.479 e. The highest BCUT2D eigenvalue weighted by Crippen LogP contribution is 2.19. The zero-order chi connectivity index (χ0) is 11.5. The highest BCUT2D eigenvalue weighted by atomic mass is 16.4. The molecule has 1 saturated heterocycles. The average molecular weight is 216 g/mol. The maximum atomic E-state index is 10.8. The van der Waals surface area contributed by atoms with Gasteiger partial charge in [0.2, 0.25) is 0 Å². The van der Waals surface area contributed by atoms with Crippen LogP contribution >= 0.6 is 0 Å². The minimum absolute atomic E-state index is 0.157. The van der Waals surface area contributed by atoms with E-state index in [-0.39, 0.29) is 12.6 Å². The summed E-state index contributed by atoms with van der Waals surface area (Å²) in [4.78, 5) is 12.8. The van der Waals surface area contributed by atoms with E-state index >= 15 is 0 Å². The quantitative estimate of drug-likeness (QED) is 0.597. The number of nitrogens with two attached hydrogens (primary N) is 1. The molecule has 0 aromatic carbocycles. The Kier molecular flexibility index (Phi) is 4.07. The molecule has 1 aliphatic heterocycles. The summed E-state index contributed by atoms with van der Waals surface area (Å²) in [7, 11) is 0. The lowest BCUT2D eigenvalue weighted by atomic mass is 9.98. The maximum absolute atomic E-state index is 10.8. The maximum Gasteiger partial charge on any atom is 0.336 e. The van der Waals surface area contributed by atoms with Crippen molar-refractivity contribution in [1.29, 1.82) is 0 Å². The molecule has 5 heteroatoms. The van der Waals surface area contributed by atoms with Gasteiger partial charge in [-0.15, -0.1) is 0 Å². The number of carboxylic acid groups (broad SMARTS) is 1. The van der Waals surface area contributed by atoms with Crippen molar-refractivity contribution in [2.24, 2.45) is 5.73 Å². The van der Waals surface area contributed by atoms with E-state index in [2.05, 4.69) is 0 Å². The second-order valence-electron chi connectivity index (χ2n) is 4.43. The van der Waals surface area contributed by atoms with Crippen LogP contribution in [-0.2, 0) is 4.79 Å². The van der Waals surface area contributed by atoms with Gasteiger partial charge in [-0.3, -0.25) is 4.90 Å². The first-order valence-electron chi connectivity index (χ1n) is 5.37. The Balaban J connectivity index is 2.58. The van der Waals surface area contributed by atoms with Gasteiger partial charge >= 0.3 is 5.97 Å². The number of aliphatic hydroxyl groups is 1. The van der Waals surface area contributed by atoms with Gasteiger partial charge in [-0.05, 0) is 26.3 Å². The molecule has 0 aromatic rings. The monoisotopic (exact) mass is 216 g/mol. The molecule has 88 valence electrons. The Bertz CT molecular complexity index is 231. The number of hydrogen-bond donors (Lipinski definition) is 3. The largest absolute Gasteiger partial charge is 0.479 e. The summed E-state index contributed by atoms with van der Waals surface area (Å²) < 4.78 is 0. The van der Waals surface area contributed by atoms with Crippen molar-refractivity contribution in [3.05, 3.63) is 0 Å². The fourth-order valence-corrected chi connectivity index (χ4v) is 2.00. The number of piperidine rings is 1. The fourth-order valence-electron chi connectivity index (χ4n) is 2.00. The van der Waals surface area contributed by atoms with Crippen LogP contribution in [0, 0.1) is 0 Å². The molecule has 1 heterocycles. The lowest BCUT2D eigenvalue weighted by Gasteiger charge is -2.37. The SMILES string of the molecule is CC(O)(CN1CCCCC1CN)C(=O)O. The summed E-state index contributed by atoms with van der Waals surface area (Å²) in [6, 6.07) is 0.213. The standard InChI is InChI=1S/C10H20N2O3/c1-10(15,9(13)14)7-12-5-3-2-4-8(12)6-11/h8,15H,2-7,11H2,1H3,(H,13,14). The molecule has 0 spiro atoms. The number of carboxylic acids is 1. The Morgan fingerprint density at radius 3 is 2.80 bits per heavy atom. The van der Waals surface area contributed by atoms with E-state index in [4.69, 9.17) is 10.8 Å². The van der Waals surface area contributed by atoms with Crippen LogP contribution in [0.5, 0.6) is 0 Å². The Labute approximate surface area is 89.9 Å². The highest BCUT2D eigenvalue weighted by molar-refractivity contribution is 5.76. The number of hydrogen-bond acceptors (Lipinski definition) is 4. The van der Waals surface area contributed by atoms with Crippen molar-refractivity contribution in [3.8, 4) is 0 Å². The summed E-state index contributed by atoms with van der Waals surface area (Å²) in [6.45, 7) is 2.84. The van der Waals surface area contributed by atoms with Crippen LogP contribution < -0.4 is 5.73 Å². The van der Waals surface area contributed by atoms with Gasteiger partial charge in [-0.2, -0.15) is 0 Å². The molecule has 4 N–H and O–H groups in total. The number of carbonyl (C=O) groups is 1. The third-order valence-electron chi connectivity index (χ3n) is 2.99. The van der Waals surface area contributed by atoms with Gasteiger partial charge in [-0.1, -0.05) is 6.42 Å². The summed E-state index contributed by atoms with van der Waals surface area (Å²) >= 11 is 0. The summed E-state index contributed by atoms with van der Waals surface area (Å²) in [5, 5.41) is 18.5. The molecule has 0 radical (unpaired) electrons. The third kappa shape index (κ3) is 3.15. The number of nitrogens with zero attached hydrogens (tertiary/aromatic N) is 1. The predicted molar refractivity (Wildman–Crippen MR) is 56.5 cm³/mol. The first-order valence-corrected chi connectivity index (χ1v) is 5.37. The fraction of sp³-hybridized carbons (Fsp3) is 0.900. The van der Waals surface area contributed by atoms with E-state index in [1.807, 2.05) is 4.90 Å². The molecule has 0 aromatic heterocycles. The van der Waals surface area contributed by atoms with Crippen LogP contribution in [0.3, 0.4) is 0 Å². The van der Waals surface area contributed by atoms with E-state index in [0.717, 1.165) is 25.8 Å². The summed E-state index contributed by atoms with van der Waals surface area (Å²) in [6.07, 6.45) is 3.17. The Morgan fingerprint density at radius 1 is 1.60 bits per heavy atom. The van der Waals surface area contributed by atoms with Gasteiger partial charge in [0.1, 0.15) is 0 Å². The molecular formula is C10H20N2O3. The van der Waals surface area contributed by atoms with Crippen molar-refractivity contribution >= 4 is 5.97 Å². The number of rotatable bonds is 4. The van der Waals surface area contributed by atoms with Gasteiger partial charge in [-0.25, -0.2) is 4.79 Å². The van der Waals surface area contributed by atoms with Gasteiger partial charge in [0.05, 0.1) is 0 Å². The predicted octanol–water partition coefficient (Wildman–Crippen LogP) is -0.365. The third-order valence-corrected chi connectivity index (χ3v) is 2.99. The molecule has 2 atom stereocenters.